The molecule has 1 amide bonds. The van der Waals surface area contributed by atoms with Crippen molar-refractivity contribution in [1.29, 1.82) is 0 Å². The van der Waals surface area contributed by atoms with Crippen LogP contribution < -0.4 is 10.2 Å². The van der Waals surface area contributed by atoms with Crippen LogP contribution in [0.1, 0.15) is 5.56 Å². The van der Waals surface area contributed by atoms with E-state index in [1.807, 2.05) is 0 Å². The first-order valence-electron chi connectivity index (χ1n) is 9.03. The molecule has 0 aromatic heterocycles. The molecule has 17 heteroatoms. The van der Waals surface area contributed by atoms with Crippen LogP contribution in [-0.4, -0.2) is 55.0 Å². The highest BCUT2D eigenvalue weighted by Crippen LogP contribution is 2.60. The first-order valence-corrected chi connectivity index (χ1v) is 9.03. The molecule has 0 heterocycles. The van der Waals surface area contributed by atoms with E-state index in [1.54, 1.807) is 12.1 Å². The Balaban J connectivity index is 2.41. The Morgan fingerprint density at radius 3 is 1.83 bits per heavy atom. The van der Waals surface area contributed by atoms with E-state index in [0.29, 0.717) is 17.0 Å². The zero-order valence-electron chi connectivity index (χ0n) is 17.2. The van der Waals surface area contributed by atoms with Crippen LogP contribution in [0.4, 0.5) is 57.1 Å². The van der Waals surface area contributed by atoms with Crippen molar-refractivity contribution in [3.8, 4) is 5.75 Å². The SMILES string of the molecule is COc1ccc2ccccc2c1/C=N\NC(=O)C(F)(F)C(F)(F)C(F)(F)C(F)(F)C(F)(F)C(F)(F)F. The summed E-state index contributed by atoms with van der Waals surface area (Å²) in [6.45, 7) is 0. The second-order valence-electron chi connectivity index (χ2n) is 6.97. The van der Waals surface area contributed by atoms with Gasteiger partial charge in [0.1, 0.15) is 5.75 Å². The van der Waals surface area contributed by atoms with Crippen molar-refractivity contribution in [2.24, 2.45) is 5.10 Å². The zero-order chi connectivity index (χ0) is 28.0. The van der Waals surface area contributed by atoms with E-state index in [2.05, 4.69) is 5.10 Å². The van der Waals surface area contributed by atoms with E-state index in [4.69, 9.17) is 4.74 Å². The lowest BCUT2D eigenvalue weighted by Crippen LogP contribution is -2.71. The Hall–Kier alpha value is -3.27. The Morgan fingerprint density at radius 2 is 1.31 bits per heavy atom. The molecule has 0 radical (unpaired) electrons. The third kappa shape index (κ3) is 4.27. The van der Waals surface area contributed by atoms with Gasteiger partial charge >= 0.3 is 41.7 Å². The van der Waals surface area contributed by atoms with Crippen molar-refractivity contribution in [2.75, 3.05) is 7.11 Å². The van der Waals surface area contributed by atoms with Crippen molar-refractivity contribution in [1.82, 2.24) is 5.43 Å². The standard InChI is InChI=1S/C19H11F13N2O2/c1-36-12-7-6-9-4-2-3-5-10(9)11(12)8-33-34-13(35)14(20,21)15(22,23)16(24,25)17(26,27)18(28,29)19(30,31)32/h2-8H,1H3,(H,34,35)/b33-8-. The minimum atomic E-state index is -8.11. The molecule has 0 spiro atoms. The van der Waals surface area contributed by atoms with E-state index < -0.39 is 41.7 Å². The third-order valence-corrected chi connectivity index (χ3v) is 4.73. The van der Waals surface area contributed by atoms with Crippen LogP contribution in [0.15, 0.2) is 41.5 Å². The Kier molecular flexibility index (Phi) is 7.23. The maximum absolute atomic E-state index is 13.8. The fraction of sp³-hybridized carbons (Fsp3) is 0.368. The number of fused-ring (bicyclic) bond motifs is 1. The smallest absolute Gasteiger partial charge is 0.460 e. The van der Waals surface area contributed by atoms with Gasteiger partial charge in [0.15, 0.2) is 0 Å². The van der Waals surface area contributed by atoms with Crippen LogP contribution in [0.2, 0.25) is 0 Å². The minimum Gasteiger partial charge on any atom is -0.496 e. The molecule has 0 unspecified atom stereocenters. The topological polar surface area (TPSA) is 50.7 Å². The predicted octanol–water partition coefficient (Wildman–Crippen LogP) is 6.04. The maximum Gasteiger partial charge on any atom is 0.460 e. The van der Waals surface area contributed by atoms with Gasteiger partial charge in [-0.3, -0.25) is 4.79 Å². The molecule has 2 aromatic carbocycles. The summed E-state index contributed by atoms with van der Waals surface area (Å²) in [6.07, 6.45) is -7.03. The highest BCUT2D eigenvalue weighted by atomic mass is 19.4. The number of halogens is 13. The molecule has 36 heavy (non-hydrogen) atoms. The number of alkyl halides is 13. The maximum atomic E-state index is 13.8. The second-order valence-corrected chi connectivity index (χ2v) is 6.97. The summed E-state index contributed by atoms with van der Waals surface area (Å²) < 4.78 is 176. The van der Waals surface area contributed by atoms with Crippen LogP contribution in [0, 0.1) is 0 Å². The van der Waals surface area contributed by atoms with Crippen LogP contribution in [-0.2, 0) is 4.79 Å². The lowest BCUT2D eigenvalue weighted by atomic mass is 9.93. The van der Waals surface area contributed by atoms with Crippen molar-refractivity contribution in [2.45, 2.75) is 35.8 Å². The lowest BCUT2D eigenvalue weighted by molar-refractivity contribution is -0.436. The summed E-state index contributed by atoms with van der Waals surface area (Å²) in [5.41, 5.74) is 0.567. The van der Waals surface area contributed by atoms with Crippen LogP contribution in [0.5, 0.6) is 5.75 Å². The lowest BCUT2D eigenvalue weighted by Gasteiger charge is -2.38. The number of hydrazone groups is 1. The summed E-state index contributed by atoms with van der Waals surface area (Å²) in [7, 11) is 1.13. The Labute approximate surface area is 191 Å². The van der Waals surface area contributed by atoms with Gasteiger partial charge in [-0.2, -0.15) is 62.2 Å². The molecule has 2 aromatic rings. The molecule has 0 fully saturated rings. The molecule has 2 rings (SSSR count). The average molecular weight is 546 g/mol. The summed E-state index contributed by atoms with van der Waals surface area (Å²) in [6, 6.07) is 8.84. The van der Waals surface area contributed by atoms with Gasteiger partial charge in [-0.15, -0.1) is 0 Å². The van der Waals surface area contributed by atoms with Crippen LogP contribution in [0.25, 0.3) is 10.8 Å². The first kappa shape index (κ1) is 29.0. The zero-order valence-corrected chi connectivity index (χ0v) is 17.2. The molecule has 200 valence electrons. The van der Waals surface area contributed by atoms with Crippen LogP contribution in [0.3, 0.4) is 0 Å². The van der Waals surface area contributed by atoms with Gasteiger partial charge in [-0.1, -0.05) is 30.3 Å². The van der Waals surface area contributed by atoms with Crippen molar-refractivity contribution in [3.05, 3.63) is 42.0 Å². The summed E-state index contributed by atoms with van der Waals surface area (Å²) in [5.74, 6) is -42.3. The molecule has 0 saturated carbocycles. The number of nitrogens with one attached hydrogen (secondary N) is 1. The highest BCUT2D eigenvalue weighted by Gasteiger charge is 2.91. The van der Waals surface area contributed by atoms with Crippen molar-refractivity contribution in [3.63, 3.8) is 0 Å². The number of nitrogens with zero attached hydrogens (tertiary/aromatic N) is 1. The average Bonchev–Trinajstić information content (AvgIpc) is 2.77. The predicted molar refractivity (Wildman–Crippen MR) is 97.0 cm³/mol. The van der Waals surface area contributed by atoms with Gasteiger partial charge in [0.25, 0.3) is 0 Å². The number of carbonyl (C=O) groups excluding carboxylic acids is 1. The molecular formula is C19H11F13N2O2. The molecule has 4 nitrogen and oxygen atoms in total. The van der Waals surface area contributed by atoms with Gasteiger partial charge < -0.3 is 4.74 Å². The fourth-order valence-corrected chi connectivity index (χ4v) is 2.72. The summed E-state index contributed by atoms with van der Waals surface area (Å²) in [4.78, 5) is 11.5. The number of hydrogen-bond donors (Lipinski definition) is 1. The van der Waals surface area contributed by atoms with E-state index in [1.165, 1.54) is 24.3 Å². The minimum absolute atomic E-state index is 0.0238. The van der Waals surface area contributed by atoms with Crippen molar-refractivity contribution >= 4 is 22.9 Å². The first-order chi connectivity index (χ1) is 16.2. The van der Waals surface area contributed by atoms with Gasteiger partial charge in [0.2, 0.25) is 0 Å². The molecule has 0 aliphatic rings. The van der Waals surface area contributed by atoms with Gasteiger partial charge in [0, 0.05) is 5.56 Å². The fourth-order valence-electron chi connectivity index (χ4n) is 2.72. The third-order valence-electron chi connectivity index (χ3n) is 4.73. The number of hydrogen-bond acceptors (Lipinski definition) is 3. The summed E-state index contributed by atoms with van der Waals surface area (Å²) >= 11 is 0. The van der Waals surface area contributed by atoms with E-state index in [9.17, 15) is 61.9 Å². The molecule has 0 bridgehead atoms. The number of amides is 1. The Bertz CT molecular complexity index is 1160. The van der Waals surface area contributed by atoms with Gasteiger partial charge in [0.05, 0.1) is 13.3 Å². The molecular weight excluding hydrogens is 535 g/mol. The number of rotatable bonds is 8. The molecule has 0 aliphatic heterocycles. The monoisotopic (exact) mass is 546 g/mol. The highest BCUT2D eigenvalue weighted by molar-refractivity contribution is 6.02. The van der Waals surface area contributed by atoms with E-state index in [-0.39, 0.29) is 16.7 Å². The quantitative estimate of drug-likeness (QED) is 0.250. The molecule has 1 N–H and O–H groups in total. The van der Waals surface area contributed by atoms with E-state index >= 15 is 0 Å². The largest absolute Gasteiger partial charge is 0.496 e. The number of methoxy groups -OCH3 is 1. The summed E-state index contributed by atoms with van der Waals surface area (Å²) in [5, 5.41) is 3.60. The van der Waals surface area contributed by atoms with Gasteiger partial charge in [-0.05, 0) is 16.8 Å². The van der Waals surface area contributed by atoms with Crippen molar-refractivity contribution < 1.29 is 66.6 Å². The molecule has 0 saturated heterocycles. The van der Waals surface area contributed by atoms with Gasteiger partial charge in [-0.25, -0.2) is 5.43 Å². The second kappa shape index (κ2) is 8.99. The Morgan fingerprint density at radius 1 is 0.778 bits per heavy atom. The molecule has 0 atom stereocenters. The number of benzene rings is 2. The van der Waals surface area contributed by atoms with E-state index in [0.717, 1.165) is 7.11 Å². The number of ether oxygens (including phenoxy) is 1. The normalized spacial score (nSPS) is 14.4. The number of carbonyl (C=O) groups is 1. The molecule has 0 aliphatic carbocycles. The van der Waals surface area contributed by atoms with Crippen LogP contribution >= 0.6 is 0 Å².